The zero-order valence-electron chi connectivity index (χ0n) is 16.9. The molecule has 2 aromatic heterocycles. The highest BCUT2D eigenvalue weighted by molar-refractivity contribution is 6.07. The maximum Gasteiger partial charge on any atom is 0.272 e. The highest BCUT2D eigenvalue weighted by Gasteiger charge is 2.13. The quantitative estimate of drug-likeness (QED) is 0.374. The maximum absolute atomic E-state index is 12.9. The van der Waals surface area contributed by atoms with E-state index in [2.05, 4.69) is 41.5 Å². The van der Waals surface area contributed by atoms with E-state index in [0.717, 1.165) is 27.7 Å². The molecule has 0 bridgehead atoms. The van der Waals surface area contributed by atoms with Gasteiger partial charge in [0.15, 0.2) is 0 Å². The number of benzene rings is 2. The van der Waals surface area contributed by atoms with Crippen molar-refractivity contribution in [2.75, 3.05) is 0 Å². The van der Waals surface area contributed by atoms with Gasteiger partial charge in [0.05, 0.1) is 23.0 Å². The zero-order valence-corrected chi connectivity index (χ0v) is 16.9. The molecule has 0 aliphatic heterocycles. The van der Waals surface area contributed by atoms with Crippen molar-refractivity contribution in [3.63, 3.8) is 0 Å². The highest BCUT2D eigenvalue weighted by Crippen LogP contribution is 2.24. The smallest absolute Gasteiger partial charge is 0.267 e. The summed E-state index contributed by atoms with van der Waals surface area (Å²) in [6.45, 7) is 4.31. The summed E-state index contributed by atoms with van der Waals surface area (Å²) < 4.78 is 0. The van der Waals surface area contributed by atoms with Crippen LogP contribution < -0.4 is 5.43 Å². The lowest BCUT2D eigenvalue weighted by molar-refractivity contribution is 0.0956. The first-order chi connectivity index (χ1) is 14.6. The molecule has 0 fully saturated rings. The molecule has 0 aliphatic carbocycles. The molecule has 2 aromatic carbocycles. The van der Waals surface area contributed by atoms with E-state index in [9.17, 15) is 4.79 Å². The number of nitrogens with one attached hydrogen (secondary N) is 1. The summed E-state index contributed by atoms with van der Waals surface area (Å²) in [4.78, 5) is 21.7. The SMILES string of the molecule is CC(C)c1ccc(/C=N/NC(=O)c2cc(-c3ccncc3)nc3ccccc23)cc1. The van der Waals surface area contributed by atoms with E-state index < -0.39 is 0 Å². The van der Waals surface area contributed by atoms with Crippen LogP contribution in [0.3, 0.4) is 0 Å². The molecule has 0 radical (unpaired) electrons. The van der Waals surface area contributed by atoms with E-state index in [1.165, 1.54) is 5.56 Å². The molecule has 0 saturated carbocycles. The Morgan fingerprint density at radius 2 is 1.73 bits per heavy atom. The predicted octanol–water partition coefficient (Wildman–Crippen LogP) is 5.18. The molecule has 1 N–H and O–H groups in total. The second-order valence-electron chi connectivity index (χ2n) is 7.33. The van der Waals surface area contributed by atoms with Crippen molar-refractivity contribution >= 4 is 23.0 Å². The Balaban J connectivity index is 1.61. The molecular formula is C25H22N4O. The summed E-state index contributed by atoms with van der Waals surface area (Å²) in [5.74, 6) is 0.198. The number of pyridine rings is 2. The van der Waals surface area contributed by atoms with Crippen LogP contribution in [-0.2, 0) is 0 Å². The number of aromatic nitrogens is 2. The number of nitrogens with zero attached hydrogens (tertiary/aromatic N) is 3. The van der Waals surface area contributed by atoms with Crippen LogP contribution >= 0.6 is 0 Å². The van der Waals surface area contributed by atoms with Crippen LogP contribution in [0.5, 0.6) is 0 Å². The summed E-state index contributed by atoms with van der Waals surface area (Å²) in [6, 6.07) is 21.3. The number of hydrogen-bond donors (Lipinski definition) is 1. The van der Waals surface area contributed by atoms with Crippen LogP contribution in [0.1, 0.15) is 41.3 Å². The van der Waals surface area contributed by atoms with Crippen LogP contribution in [0, 0.1) is 0 Å². The third kappa shape index (κ3) is 4.25. The van der Waals surface area contributed by atoms with Gasteiger partial charge in [0, 0.05) is 23.3 Å². The Morgan fingerprint density at radius 1 is 1.00 bits per heavy atom. The van der Waals surface area contributed by atoms with Gasteiger partial charge in [-0.3, -0.25) is 9.78 Å². The van der Waals surface area contributed by atoms with Crippen molar-refractivity contribution in [1.29, 1.82) is 0 Å². The maximum atomic E-state index is 12.9. The summed E-state index contributed by atoms with van der Waals surface area (Å²) in [6.07, 6.45) is 5.07. The van der Waals surface area contributed by atoms with Gasteiger partial charge in [-0.05, 0) is 41.3 Å². The molecule has 0 saturated heterocycles. The molecule has 5 heteroatoms. The van der Waals surface area contributed by atoms with E-state index in [-0.39, 0.29) is 5.91 Å². The monoisotopic (exact) mass is 394 g/mol. The van der Waals surface area contributed by atoms with Gasteiger partial charge < -0.3 is 0 Å². The Bertz CT molecular complexity index is 1200. The van der Waals surface area contributed by atoms with Gasteiger partial charge in [-0.1, -0.05) is 56.3 Å². The minimum Gasteiger partial charge on any atom is -0.267 e. The fourth-order valence-electron chi connectivity index (χ4n) is 3.23. The average Bonchev–Trinajstić information content (AvgIpc) is 2.79. The molecule has 4 aromatic rings. The van der Waals surface area contributed by atoms with Crippen molar-refractivity contribution < 1.29 is 4.79 Å². The third-order valence-electron chi connectivity index (χ3n) is 4.92. The van der Waals surface area contributed by atoms with Crippen LogP contribution in [0.4, 0.5) is 0 Å². The summed E-state index contributed by atoms with van der Waals surface area (Å²) in [7, 11) is 0. The van der Waals surface area contributed by atoms with Gasteiger partial charge in [-0.25, -0.2) is 10.4 Å². The number of para-hydroxylation sites is 1. The van der Waals surface area contributed by atoms with Gasteiger partial charge in [0.2, 0.25) is 0 Å². The second-order valence-corrected chi connectivity index (χ2v) is 7.33. The van der Waals surface area contributed by atoms with Gasteiger partial charge >= 0.3 is 0 Å². The molecular weight excluding hydrogens is 372 g/mol. The number of rotatable bonds is 5. The molecule has 2 heterocycles. The number of amides is 1. The van der Waals surface area contributed by atoms with E-state index in [0.29, 0.717) is 11.5 Å². The van der Waals surface area contributed by atoms with Gasteiger partial charge in [0.25, 0.3) is 5.91 Å². The molecule has 0 spiro atoms. The summed E-state index contributed by atoms with van der Waals surface area (Å²) in [5, 5.41) is 4.93. The topological polar surface area (TPSA) is 67.2 Å². The Kier molecular flexibility index (Phi) is 5.61. The fourth-order valence-corrected chi connectivity index (χ4v) is 3.23. The van der Waals surface area contributed by atoms with Crippen molar-refractivity contribution in [2.24, 2.45) is 5.10 Å². The number of carbonyl (C=O) groups is 1. The van der Waals surface area contributed by atoms with Crippen LogP contribution in [0.25, 0.3) is 22.2 Å². The van der Waals surface area contributed by atoms with Crippen molar-refractivity contribution in [1.82, 2.24) is 15.4 Å². The lowest BCUT2D eigenvalue weighted by Crippen LogP contribution is -2.18. The third-order valence-corrected chi connectivity index (χ3v) is 4.92. The zero-order chi connectivity index (χ0) is 20.9. The van der Waals surface area contributed by atoms with E-state index in [1.807, 2.05) is 48.5 Å². The van der Waals surface area contributed by atoms with Crippen LogP contribution in [0.15, 0.2) is 84.2 Å². The van der Waals surface area contributed by atoms with Gasteiger partial charge in [0.1, 0.15) is 0 Å². The average molecular weight is 394 g/mol. The van der Waals surface area contributed by atoms with Crippen molar-refractivity contribution in [3.8, 4) is 11.3 Å². The van der Waals surface area contributed by atoms with Gasteiger partial charge in [-0.15, -0.1) is 0 Å². The van der Waals surface area contributed by atoms with Gasteiger partial charge in [-0.2, -0.15) is 5.10 Å². The van der Waals surface area contributed by atoms with Crippen molar-refractivity contribution in [3.05, 3.63) is 95.8 Å². The second kappa shape index (κ2) is 8.66. The Morgan fingerprint density at radius 3 is 2.47 bits per heavy atom. The van der Waals surface area contributed by atoms with Crippen LogP contribution in [-0.4, -0.2) is 22.1 Å². The van der Waals surface area contributed by atoms with E-state index in [1.54, 1.807) is 24.7 Å². The Labute approximate surface area is 175 Å². The molecule has 148 valence electrons. The highest BCUT2D eigenvalue weighted by atomic mass is 16.2. The minimum absolute atomic E-state index is 0.279. The Hall–Kier alpha value is -3.86. The molecule has 0 unspecified atom stereocenters. The normalized spacial score (nSPS) is 11.3. The number of carbonyl (C=O) groups excluding carboxylic acids is 1. The first kappa shape index (κ1) is 19.5. The molecule has 0 atom stereocenters. The molecule has 0 aliphatic rings. The van der Waals surface area contributed by atoms with Crippen LogP contribution in [0.2, 0.25) is 0 Å². The molecule has 4 rings (SSSR count). The first-order valence-electron chi connectivity index (χ1n) is 9.85. The predicted molar refractivity (Wildman–Crippen MR) is 121 cm³/mol. The number of fused-ring (bicyclic) bond motifs is 1. The molecule has 5 nitrogen and oxygen atoms in total. The largest absolute Gasteiger partial charge is 0.272 e. The molecule has 30 heavy (non-hydrogen) atoms. The summed E-state index contributed by atoms with van der Waals surface area (Å²) in [5.41, 5.74) is 7.74. The lowest BCUT2D eigenvalue weighted by Gasteiger charge is -2.09. The van der Waals surface area contributed by atoms with Crippen molar-refractivity contribution in [2.45, 2.75) is 19.8 Å². The summed E-state index contributed by atoms with van der Waals surface area (Å²) >= 11 is 0. The fraction of sp³-hybridized carbons (Fsp3) is 0.120. The lowest BCUT2D eigenvalue weighted by atomic mass is 10.0. The van der Waals surface area contributed by atoms with E-state index in [4.69, 9.17) is 4.98 Å². The van der Waals surface area contributed by atoms with E-state index >= 15 is 0 Å². The molecule has 1 amide bonds. The number of hydrogen-bond acceptors (Lipinski definition) is 4. The standard InChI is InChI=1S/C25H22N4O/c1-17(2)19-9-7-18(8-10-19)16-27-29-25(30)22-15-24(20-11-13-26-14-12-20)28-23-6-4-3-5-21(22)23/h3-17H,1-2H3,(H,29,30)/b27-16+. The number of hydrazone groups is 1. The minimum atomic E-state index is -0.279. The first-order valence-corrected chi connectivity index (χ1v) is 9.85.